The van der Waals surface area contributed by atoms with E-state index in [-0.39, 0.29) is 5.56 Å². The average Bonchev–Trinajstić information content (AvgIpc) is 2.56. The summed E-state index contributed by atoms with van der Waals surface area (Å²) in [6.45, 7) is 0. The highest BCUT2D eigenvalue weighted by atomic mass is 19.1. The molecule has 2 nitrogen and oxygen atoms in total. The van der Waals surface area contributed by atoms with Crippen LogP contribution in [0.25, 0.3) is 0 Å². The van der Waals surface area contributed by atoms with Gasteiger partial charge in [-0.2, -0.15) is 0 Å². The Bertz CT molecular complexity index is 828. The van der Waals surface area contributed by atoms with E-state index >= 15 is 0 Å². The molecule has 0 aromatic heterocycles. The number of carbonyl (C=O) groups excluding carboxylic acids is 1. The first-order valence-corrected chi connectivity index (χ1v) is 6.96. The van der Waals surface area contributed by atoms with Crippen molar-refractivity contribution in [3.05, 3.63) is 95.6 Å². The molecule has 0 fully saturated rings. The number of para-hydroxylation sites is 1. The van der Waals surface area contributed by atoms with Crippen molar-refractivity contribution < 1.29 is 18.3 Å². The van der Waals surface area contributed by atoms with Crippen molar-refractivity contribution in [2.24, 2.45) is 0 Å². The summed E-state index contributed by atoms with van der Waals surface area (Å²) in [5.74, 6) is -0.859. The number of benzene rings is 3. The van der Waals surface area contributed by atoms with E-state index in [9.17, 15) is 13.6 Å². The Kier molecular flexibility index (Phi) is 4.15. The van der Waals surface area contributed by atoms with Gasteiger partial charge in [-0.3, -0.25) is 4.79 Å². The molecule has 114 valence electrons. The smallest absolute Gasteiger partial charge is 0.195 e. The molecule has 4 heteroatoms. The summed E-state index contributed by atoms with van der Waals surface area (Å²) in [7, 11) is 0. The van der Waals surface area contributed by atoms with E-state index in [0.29, 0.717) is 23.1 Å². The zero-order valence-electron chi connectivity index (χ0n) is 12.0. The molecule has 0 aliphatic rings. The van der Waals surface area contributed by atoms with Gasteiger partial charge in [0.1, 0.15) is 23.1 Å². The van der Waals surface area contributed by atoms with Gasteiger partial charge in [0.25, 0.3) is 0 Å². The van der Waals surface area contributed by atoms with Crippen LogP contribution in [0.1, 0.15) is 15.9 Å². The zero-order valence-corrected chi connectivity index (χ0v) is 12.0. The maximum Gasteiger partial charge on any atom is 0.195 e. The highest BCUT2D eigenvalue weighted by molar-refractivity contribution is 6.09. The molecule has 0 aliphatic heterocycles. The van der Waals surface area contributed by atoms with Crippen molar-refractivity contribution in [1.82, 2.24) is 0 Å². The summed E-state index contributed by atoms with van der Waals surface area (Å²) in [6, 6.07) is 18.4. The average molecular weight is 310 g/mol. The van der Waals surface area contributed by atoms with E-state index in [1.54, 1.807) is 24.3 Å². The van der Waals surface area contributed by atoms with E-state index < -0.39 is 17.4 Å². The standard InChI is InChI=1S/C19H12F2O2/c20-14-8-11-17(18(21)12-14)19(22)13-6-9-16(10-7-13)23-15-4-2-1-3-5-15/h1-12H. The van der Waals surface area contributed by atoms with Crippen molar-refractivity contribution in [1.29, 1.82) is 0 Å². The first-order chi connectivity index (χ1) is 11.1. The molecule has 0 heterocycles. The summed E-state index contributed by atoms with van der Waals surface area (Å²) in [4.78, 5) is 12.2. The third-order valence-corrected chi connectivity index (χ3v) is 3.27. The molecule has 0 N–H and O–H groups in total. The lowest BCUT2D eigenvalue weighted by Gasteiger charge is -2.07. The van der Waals surface area contributed by atoms with Gasteiger partial charge in [-0.25, -0.2) is 8.78 Å². The SMILES string of the molecule is O=C(c1ccc(Oc2ccccc2)cc1)c1ccc(F)cc1F. The molecule has 0 bridgehead atoms. The van der Waals surface area contributed by atoms with Crippen LogP contribution in [-0.2, 0) is 0 Å². The summed E-state index contributed by atoms with van der Waals surface area (Å²) >= 11 is 0. The maximum absolute atomic E-state index is 13.7. The molecular formula is C19H12F2O2. The molecule has 0 saturated carbocycles. The number of halogens is 2. The van der Waals surface area contributed by atoms with Crippen LogP contribution in [0.3, 0.4) is 0 Å². The normalized spacial score (nSPS) is 10.3. The fourth-order valence-corrected chi connectivity index (χ4v) is 2.13. The minimum Gasteiger partial charge on any atom is -0.457 e. The lowest BCUT2D eigenvalue weighted by molar-refractivity contribution is 0.103. The van der Waals surface area contributed by atoms with Gasteiger partial charge in [0.15, 0.2) is 5.78 Å². The van der Waals surface area contributed by atoms with Crippen LogP contribution < -0.4 is 4.74 Å². The lowest BCUT2D eigenvalue weighted by Crippen LogP contribution is -2.04. The minimum atomic E-state index is -0.875. The second-order valence-electron chi connectivity index (χ2n) is 4.89. The molecule has 3 rings (SSSR count). The molecule has 3 aromatic carbocycles. The summed E-state index contributed by atoms with van der Waals surface area (Å²) in [5, 5.41) is 0. The van der Waals surface area contributed by atoms with Crippen molar-refractivity contribution in [2.75, 3.05) is 0 Å². The predicted octanol–water partition coefficient (Wildman–Crippen LogP) is 4.99. The van der Waals surface area contributed by atoms with Crippen LogP contribution in [0.2, 0.25) is 0 Å². The molecular weight excluding hydrogens is 298 g/mol. The Morgan fingerprint density at radius 1 is 0.783 bits per heavy atom. The van der Waals surface area contributed by atoms with E-state index in [1.807, 2.05) is 30.3 Å². The summed E-state index contributed by atoms with van der Waals surface area (Å²) in [5.41, 5.74) is 0.138. The molecule has 0 saturated heterocycles. The zero-order chi connectivity index (χ0) is 16.2. The van der Waals surface area contributed by atoms with Gasteiger partial charge in [0, 0.05) is 11.6 Å². The number of hydrogen-bond donors (Lipinski definition) is 0. The number of ketones is 1. The quantitative estimate of drug-likeness (QED) is 0.635. The van der Waals surface area contributed by atoms with Crippen molar-refractivity contribution >= 4 is 5.78 Å². The van der Waals surface area contributed by atoms with Crippen LogP contribution in [0.5, 0.6) is 11.5 Å². The van der Waals surface area contributed by atoms with Crippen LogP contribution >= 0.6 is 0 Å². The van der Waals surface area contributed by atoms with Crippen LogP contribution in [0, 0.1) is 11.6 Å². The number of ether oxygens (including phenoxy) is 1. The van der Waals surface area contributed by atoms with Crippen molar-refractivity contribution in [3.8, 4) is 11.5 Å². The van der Waals surface area contributed by atoms with Gasteiger partial charge in [-0.15, -0.1) is 0 Å². The number of carbonyl (C=O) groups is 1. The van der Waals surface area contributed by atoms with E-state index in [1.165, 1.54) is 0 Å². The van der Waals surface area contributed by atoms with Crippen molar-refractivity contribution in [3.63, 3.8) is 0 Å². The fraction of sp³-hybridized carbons (Fsp3) is 0. The molecule has 0 aliphatic carbocycles. The van der Waals surface area contributed by atoms with Gasteiger partial charge in [0.05, 0.1) is 5.56 Å². The largest absolute Gasteiger partial charge is 0.457 e. The van der Waals surface area contributed by atoms with Crippen LogP contribution in [-0.4, -0.2) is 5.78 Å². The van der Waals surface area contributed by atoms with Crippen LogP contribution in [0.15, 0.2) is 72.8 Å². The van der Waals surface area contributed by atoms with Crippen molar-refractivity contribution in [2.45, 2.75) is 0 Å². The Balaban J connectivity index is 1.80. The Morgan fingerprint density at radius 3 is 2.09 bits per heavy atom. The molecule has 3 aromatic rings. The van der Waals surface area contributed by atoms with Gasteiger partial charge < -0.3 is 4.74 Å². The lowest BCUT2D eigenvalue weighted by atomic mass is 10.0. The monoisotopic (exact) mass is 310 g/mol. The summed E-state index contributed by atoms with van der Waals surface area (Å²) in [6.07, 6.45) is 0. The minimum absolute atomic E-state index is 0.164. The topological polar surface area (TPSA) is 26.3 Å². The second-order valence-corrected chi connectivity index (χ2v) is 4.89. The third-order valence-electron chi connectivity index (χ3n) is 3.27. The van der Waals surface area contributed by atoms with Gasteiger partial charge in [-0.1, -0.05) is 18.2 Å². The Morgan fingerprint density at radius 2 is 1.43 bits per heavy atom. The molecule has 0 atom stereocenters. The van der Waals surface area contributed by atoms with E-state index in [0.717, 1.165) is 12.1 Å². The number of rotatable bonds is 4. The van der Waals surface area contributed by atoms with Gasteiger partial charge in [-0.05, 0) is 48.5 Å². The molecule has 0 radical (unpaired) electrons. The second kappa shape index (κ2) is 6.40. The molecule has 23 heavy (non-hydrogen) atoms. The van der Waals surface area contributed by atoms with Gasteiger partial charge >= 0.3 is 0 Å². The van der Waals surface area contributed by atoms with Crippen LogP contribution in [0.4, 0.5) is 8.78 Å². The highest BCUT2D eigenvalue weighted by Gasteiger charge is 2.14. The maximum atomic E-state index is 13.7. The fourth-order valence-electron chi connectivity index (χ4n) is 2.13. The first kappa shape index (κ1) is 14.9. The third kappa shape index (κ3) is 3.43. The molecule has 0 unspecified atom stereocenters. The Labute approximate surface area is 132 Å². The Hall–Kier alpha value is -3.01. The van der Waals surface area contributed by atoms with Gasteiger partial charge in [0.2, 0.25) is 0 Å². The van der Waals surface area contributed by atoms with E-state index in [2.05, 4.69) is 0 Å². The number of hydrogen-bond acceptors (Lipinski definition) is 2. The highest BCUT2D eigenvalue weighted by Crippen LogP contribution is 2.22. The first-order valence-electron chi connectivity index (χ1n) is 6.96. The molecule has 0 spiro atoms. The summed E-state index contributed by atoms with van der Waals surface area (Å²) < 4.78 is 32.2. The predicted molar refractivity (Wildman–Crippen MR) is 82.7 cm³/mol. The molecule has 0 amide bonds. The van der Waals surface area contributed by atoms with E-state index in [4.69, 9.17) is 4.74 Å².